The molecule has 212 valence electrons. The molecule has 0 radical (unpaired) electrons. The quantitative estimate of drug-likeness (QED) is 0.139. The summed E-state index contributed by atoms with van der Waals surface area (Å²) in [6.45, 7) is 0. The van der Waals surface area contributed by atoms with Crippen LogP contribution in [-0.4, -0.2) is 48.2 Å². The third-order valence-corrected chi connectivity index (χ3v) is 7.52. The number of nitrogens with zero attached hydrogens (tertiary/aromatic N) is 3. The van der Waals surface area contributed by atoms with Crippen molar-refractivity contribution >= 4 is 49.7 Å². The SMILES string of the molecule is CS(=O)(=O)Cc1cccc(CC(=O)N=C(N)CCC(=N)CCCCc2nnc(NC(=O)Cc3ccccc3)s2)c1. The van der Waals surface area contributed by atoms with Crippen molar-refractivity contribution in [2.24, 2.45) is 10.7 Å². The monoisotopic (exact) mass is 582 g/mol. The van der Waals surface area contributed by atoms with E-state index in [1.54, 1.807) is 24.3 Å². The minimum Gasteiger partial charge on any atom is -0.387 e. The first-order valence-electron chi connectivity index (χ1n) is 12.9. The normalized spacial score (nSPS) is 11.8. The maximum absolute atomic E-state index is 12.3. The minimum absolute atomic E-state index is 0.0276. The van der Waals surface area contributed by atoms with Crippen LogP contribution in [0.25, 0.3) is 0 Å². The third-order valence-electron chi connectivity index (χ3n) is 5.77. The first kappa shape index (κ1) is 30.8. The standard InChI is InChI=1S/C28H34N6O4S2/c1-40(37,38)19-22-11-7-10-21(16-22)18-25(35)31-24(30)15-14-23(29)12-5-6-13-27-33-34-28(39-27)32-26(36)17-20-8-3-2-4-9-20/h2-4,7-11,16,29H,5-6,12-15,17-19H2,1H3,(H2,30,31,35)(H,32,34,36). The summed E-state index contributed by atoms with van der Waals surface area (Å²) < 4.78 is 23.0. The average Bonchev–Trinajstić information content (AvgIpc) is 3.32. The average molecular weight is 583 g/mol. The predicted octanol–water partition coefficient (Wildman–Crippen LogP) is 3.90. The van der Waals surface area contributed by atoms with Gasteiger partial charge in [-0.25, -0.2) is 13.4 Å². The Balaban J connectivity index is 1.32. The smallest absolute Gasteiger partial charge is 0.251 e. The lowest BCUT2D eigenvalue weighted by Crippen LogP contribution is -2.16. The van der Waals surface area contributed by atoms with E-state index < -0.39 is 15.7 Å². The number of amides is 2. The van der Waals surface area contributed by atoms with Crippen LogP contribution in [0.2, 0.25) is 0 Å². The first-order valence-corrected chi connectivity index (χ1v) is 15.8. The Labute approximate surface area is 238 Å². The Morgan fingerprint density at radius 1 is 0.950 bits per heavy atom. The van der Waals surface area contributed by atoms with E-state index in [1.807, 2.05) is 30.3 Å². The Morgan fingerprint density at radius 3 is 2.42 bits per heavy atom. The molecule has 40 heavy (non-hydrogen) atoms. The molecule has 10 nitrogen and oxygen atoms in total. The van der Waals surface area contributed by atoms with Crippen LogP contribution in [0.3, 0.4) is 0 Å². The second-order valence-electron chi connectivity index (χ2n) is 9.59. The van der Waals surface area contributed by atoms with Crippen LogP contribution in [0, 0.1) is 5.41 Å². The highest BCUT2D eigenvalue weighted by Crippen LogP contribution is 2.18. The van der Waals surface area contributed by atoms with Crippen LogP contribution >= 0.6 is 11.3 Å². The second-order valence-corrected chi connectivity index (χ2v) is 12.8. The Bertz CT molecular complexity index is 1450. The maximum atomic E-state index is 12.3. The number of nitrogens with two attached hydrogens (primary N) is 1. The molecule has 4 N–H and O–H groups in total. The molecule has 0 bridgehead atoms. The molecule has 0 saturated heterocycles. The van der Waals surface area contributed by atoms with Crippen molar-refractivity contribution in [3.63, 3.8) is 0 Å². The van der Waals surface area contributed by atoms with E-state index in [1.165, 1.54) is 11.3 Å². The summed E-state index contributed by atoms with van der Waals surface area (Å²) in [7, 11) is -3.16. The third kappa shape index (κ3) is 12.0. The van der Waals surface area contributed by atoms with E-state index in [4.69, 9.17) is 11.1 Å². The maximum Gasteiger partial charge on any atom is 0.251 e. The molecule has 3 aromatic rings. The van der Waals surface area contributed by atoms with Gasteiger partial charge in [-0.2, -0.15) is 0 Å². The summed E-state index contributed by atoms with van der Waals surface area (Å²) >= 11 is 1.36. The molecular formula is C28H34N6O4S2. The summed E-state index contributed by atoms with van der Waals surface area (Å²) in [4.78, 5) is 28.4. The van der Waals surface area contributed by atoms with Crippen molar-refractivity contribution in [3.8, 4) is 0 Å². The van der Waals surface area contributed by atoms with Gasteiger partial charge in [-0.15, -0.1) is 10.2 Å². The highest BCUT2D eigenvalue weighted by molar-refractivity contribution is 7.89. The van der Waals surface area contributed by atoms with Gasteiger partial charge in [0.05, 0.1) is 18.6 Å². The van der Waals surface area contributed by atoms with Gasteiger partial charge in [0, 0.05) is 24.8 Å². The lowest BCUT2D eigenvalue weighted by molar-refractivity contribution is -0.117. The topological polar surface area (TPSA) is 168 Å². The lowest BCUT2D eigenvalue weighted by atomic mass is 10.1. The number of nitrogens with one attached hydrogen (secondary N) is 2. The molecule has 3 rings (SSSR count). The zero-order valence-corrected chi connectivity index (χ0v) is 24.1. The van der Waals surface area contributed by atoms with Crippen LogP contribution < -0.4 is 11.1 Å². The number of benzene rings is 2. The number of carbonyl (C=O) groups is 2. The molecule has 0 saturated carbocycles. The number of rotatable bonds is 15. The zero-order valence-electron chi connectivity index (χ0n) is 22.4. The van der Waals surface area contributed by atoms with E-state index in [-0.39, 0.29) is 30.3 Å². The largest absolute Gasteiger partial charge is 0.387 e. The van der Waals surface area contributed by atoms with Crippen molar-refractivity contribution in [2.75, 3.05) is 11.6 Å². The van der Waals surface area contributed by atoms with Crippen LogP contribution in [0.4, 0.5) is 5.13 Å². The fourth-order valence-electron chi connectivity index (χ4n) is 3.93. The van der Waals surface area contributed by atoms with E-state index in [0.29, 0.717) is 47.7 Å². The van der Waals surface area contributed by atoms with Gasteiger partial charge in [-0.3, -0.25) is 9.59 Å². The molecule has 1 heterocycles. The number of aryl methyl sites for hydroxylation is 1. The Kier molecular flexibility index (Phi) is 11.6. The molecule has 0 atom stereocenters. The van der Waals surface area contributed by atoms with Gasteiger partial charge in [0.15, 0.2) is 9.84 Å². The van der Waals surface area contributed by atoms with Gasteiger partial charge in [0.2, 0.25) is 11.0 Å². The molecule has 0 unspecified atom stereocenters. The fraction of sp³-hybridized carbons (Fsp3) is 0.357. The van der Waals surface area contributed by atoms with E-state index in [9.17, 15) is 18.0 Å². The highest BCUT2D eigenvalue weighted by Gasteiger charge is 2.10. The van der Waals surface area contributed by atoms with Crippen molar-refractivity contribution in [1.29, 1.82) is 5.41 Å². The number of aromatic nitrogens is 2. The summed E-state index contributed by atoms with van der Waals surface area (Å²) in [5.74, 6) is -0.450. The fourth-order valence-corrected chi connectivity index (χ4v) is 5.51. The number of sulfone groups is 1. The zero-order chi connectivity index (χ0) is 29.0. The molecule has 0 spiro atoms. The molecule has 0 aliphatic carbocycles. The molecule has 2 aromatic carbocycles. The van der Waals surface area contributed by atoms with Gasteiger partial charge in [0.25, 0.3) is 5.91 Å². The highest BCUT2D eigenvalue weighted by atomic mass is 32.2. The minimum atomic E-state index is -3.16. The molecule has 1 aromatic heterocycles. The predicted molar refractivity (Wildman–Crippen MR) is 159 cm³/mol. The molecular weight excluding hydrogens is 548 g/mol. The number of anilines is 1. The molecule has 2 amide bonds. The lowest BCUT2D eigenvalue weighted by Gasteiger charge is -2.05. The van der Waals surface area contributed by atoms with Gasteiger partial charge in [-0.1, -0.05) is 65.9 Å². The number of hydrogen-bond acceptors (Lipinski definition) is 8. The summed E-state index contributed by atoms with van der Waals surface area (Å²) in [5, 5.41) is 20.5. The van der Waals surface area contributed by atoms with Crippen molar-refractivity contribution < 1.29 is 18.0 Å². The van der Waals surface area contributed by atoms with Crippen molar-refractivity contribution in [2.45, 2.75) is 57.1 Å². The number of hydrogen-bond donors (Lipinski definition) is 3. The van der Waals surface area contributed by atoms with Gasteiger partial charge >= 0.3 is 0 Å². The molecule has 12 heteroatoms. The number of amidine groups is 1. The van der Waals surface area contributed by atoms with Gasteiger partial charge < -0.3 is 16.5 Å². The number of carbonyl (C=O) groups excluding carboxylic acids is 2. The molecule has 0 aliphatic heterocycles. The van der Waals surface area contributed by atoms with Gasteiger partial charge in [-0.05, 0) is 42.4 Å². The van der Waals surface area contributed by atoms with Crippen LogP contribution in [0.1, 0.15) is 53.8 Å². The van der Waals surface area contributed by atoms with Crippen molar-refractivity contribution in [1.82, 2.24) is 10.2 Å². The van der Waals surface area contributed by atoms with Gasteiger partial charge in [0.1, 0.15) is 10.8 Å². The van der Waals surface area contributed by atoms with E-state index >= 15 is 0 Å². The van der Waals surface area contributed by atoms with E-state index in [2.05, 4.69) is 20.5 Å². The first-order chi connectivity index (χ1) is 19.1. The molecule has 0 aliphatic rings. The Hall–Kier alpha value is -3.77. The summed E-state index contributed by atoms with van der Waals surface area (Å²) in [6.07, 6.45) is 5.16. The van der Waals surface area contributed by atoms with Crippen molar-refractivity contribution in [3.05, 3.63) is 76.3 Å². The summed E-state index contributed by atoms with van der Waals surface area (Å²) in [6, 6.07) is 16.3. The van der Waals surface area contributed by atoms with Crippen LogP contribution in [0.15, 0.2) is 59.6 Å². The Morgan fingerprint density at radius 2 is 1.68 bits per heavy atom. The van der Waals surface area contributed by atoms with Crippen LogP contribution in [-0.2, 0) is 44.4 Å². The van der Waals surface area contributed by atoms with Crippen LogP contribution in [0.5, 0.6) is 0 Å². The number of unbranched alkanes of at least 4 members (excludes halogenated alkanes) is 1. The molecule has 0 fully saturated rings. The number of aliphatic imine (C=N–C) groups is 1. The summed E-state index contributed by atoms with van der Waals surface area (Å²) in [5.41, 5.74) is 8.67. The second kappa shape index (κ2) is 15.1. The van der Waals surface area contributed by atoms with E-state index in [0.717, 1.165) is 29.7 Å².